The first kappa shape index (κ1) is 28.8. The number of hydrogen-bond acceptors (Lipinski definition) is 0. The van der Waals surface area contributed by atoms with E-state index in [2.05, 4.69) is 6.58 Å². The van der Waals surface area contributed by atoms with E-state index < -0.39 is 77.8 Å². The molecule has 0 aromatic heterocycles. The molecule has 0 aliphatic rings. The molecule has 0 bridgehead atoms. The molecule has 2 unspecified atom stereocenters. The van der Waals surface area contributed by atoms with E-state index in [-0.39, 0.29) is 6.07 Å². The van der Waals surface area contributed by atoms with Crippen molar-refractivity contribution in [3.63, 3.8) is 0 Å². The Bertz CT molecular complexity index is 865. The van der Waals surface area contributed by atoms with Gasteiger partial charge in [-0.1, -0.05) is 50.3 Å². The van der Waals surface area contributed by atoms with E-state index in [1.54, 1.807) is 0 Å². The van der Waals surface area contributed by atoms with Crippen LogP contribution in [0.5, 0.6) is 0 Å². The lowest BCUT2D eigenvalue weighted by Crippen LogP contribution is -2.62. The second-order valence-electron chi connectivity index (χ2n) is 7.07. The molecule has 2 atom stereocenters. The summed E-state index contributed by atoms with van der Waals surface area (Å²) < 4.78 is 182. The summed E-state index contributed by atoms with van der Waals surface area (Å²) in [6.45, 7) is 3.96. The molecule has 0 fully saturated rings. The van der Waals surface area contributed by atoms with E-state index in [0.717, 1.165) is 13.0 Å². The smallest absolute Gasteiger partial charge is 0.241 e. The Balaban J connectivity index is 3.95. The fraction of sp³-hybridized carbons (Fsp3) is 0.500. The molecule has 188 valence electrons. The second kappa shape index (κ2) is 9.57. The van der Waals surface area contributed by atoms with Crippen molar-refractivity contribution < 1.29 is 57.1 Å². The largest absolute Gasteiger partial charge is 0.410 e. The van der Waals surface area contributed by atoms with Crippen molar-refractivity contribution in [1.82, 2.24) is 0 Å². The highest BCUT2D eigenvalue weighted by Gasteiger charge is 2.78. The second-order valence-corrected chi connectivity index (χ2v) is 7.07. The number of halogens is 13. The number of alkyl halides is 10. The number of hydrogen-bond donors (Lipinski definition) is 0. The summed E-state index contributed by atoms with van der Waals surface area (Å²) in [6.07, 6.45) is -20.6. The number of rotatable bonds is 10. The summed E-state index contributed by atoms with van der Waals surface area (Å²) in [6, 6.07) is 2.20. The summed E-state index contributed by atoms with van der Waals surface area (Å²) in [5.74, 6) is -21.1. The molecule has 1 rings (SSSR count). The van der Waals surface area contributed by atoms with E-state index in [1.807, 2.05) is 0 Å². The third kappa shape index (κ3) is 4.86. The maximum absolute atomic E-state index is 15.0. The molecule has 13 heteroatoms. The van der Waals surface area contributed by atoms with Crippen molar-refractivity contribution >= 4 is 6.08 Å². The van der Waals surface area contributed by atoms with Crippen molar-refractivity contribution in [2.24, 2.45) is 0 Å². The zero-order valence-electron chi connectivity index (χ0n) is 16.7. The van der Waals surface area contributed by atoms with Gasteiger partial charge in [0.15, 0.2) is 12.0 Å². The predicted octanol–water partition coefficient (Wildman–Crippen LogP) is 8.64. The van der Waals surface area contributed by atoms with Gasteiger partial charge in [-0.2, -0.15) is 39.5 Å². The van der Waals surface area contributed by atoms with Gasteiger partial charge in [0.25, 0.3) is 0 Å². The lowest BCUT2D eigenvalue weighted by molar-refractivity contribution is -0.283. The van der Waals surface area contributed by atoms with Gasteiger partial charge >= 0.3 is 30.0 Å². The summed E-state index contributed by atoms with van der Waals surface area (Å²) in [5, 5.41) is 0. The molecule has 0 nitrogen and oxygen atoms in total. The van der Waals surface area contributed by atoms with Crippen LogP contribution in [-0.4, -0.2) is 30.1 Å². The fourth-order valence-corrected chi connectivity index (χ4v) is 3.30. The SMILES string of the molecule is C=Cc1ccccc1C(C(F)=C(F)F)(C(F)(F)F)C(F)(F)C(F)CC(F)(F)C(F)(F)CCC. The summed E-state index contributed by atoms with van der Waals surface area (Å²) >= 11 is 0. The van der Waals surface area contributed by atoms with E-state index in [4.69, 9.17) is 0 Å². The van der Waals surface area contributed by atoms with E-state index in [0.29, 0.717) is 18.2 Å². The van der Waals surface area contributed by atoms with Gasteiger partial charge < -0.3 is 0 Å². The molecule has 0 aliphatic carbocycles. The van der Waals surface area contributed by atoms with Gasteiger partial charge in [-0.25, -0.2) is 17.6 Å². The molecule has 1 aromatic carbocycles. The first-order chi connectivity index (χ1) is 14.8. The Morgan fingerprint density at radius 3 is 1.85 bits per heavy atom. The standard InChI is InChI=1S/C20H17F13/c1-3-9-16(25,26)17(27,28)10-13(21)19(29,30)18(20(31,32)33,14(22)15(23)24)12-8-6-5-7-11(12)4-2/h4-8,13H,2-3,9-10H2,1H3. The number of benzene rings is 1. The Morgan fingerprint density at radius 2 is 1.42 bits per heavy atom. The highest BCUT2D eigenvalue weighted by molar-refractivity contribution is 5.58. The molecule has 0 spiro atoms. The molecule has 0 saturated carbocycles. The first-order valence-corrected chi connectivity index (χ1v) is 9.12. The normalized spacial score (nSPS) is 16.2. The predicted molar refractivity (Wildman–Crippen MR) is 93.9 cm³/mol. The molecule has 0 heterocycles. The van der Waals surface area contributed by atoms with E-state index in [9.17, 15) is 48.3 Å². The van der Waals surface area contributed by atoms with Crippen LogP contribution in [-0.2, 0) is 5.41 Å². The zero-order valence-corrected chi connectivity index (χ0v) is 16.7. The van der Waals surface area contributed by atoms with Gasteiger partial charge in [0.1, 0.15) is 0 Å². The minimum atomic E-state index is -6.76. The van der Waals surface area contributed by atoms with Crippen molar-refractivity contribution in [1.29, 1.82) is 0 Å². The summed E-state index contributed by atoms with van der Waals surface area (Å²) in [4.78, 5) is 0. The lowest BCUT2D eigenvalue weighted by Gasteiger charge is -2.43. The highest BCUT2D eigenvalue weighted by Crippen LogP contribution is 2.60. The Morgan fingerprint density at radius 1 is 0.909 bits per heavy atom. The molecular formula is C20H17F13. The van der Waals surface area contributed by atoms with Gasteiger partial charge in [0.05, 0.1) is 6.42 Å². The maximum Gasteiger partial charge on any atom is 0.410 e. The molecule has 0 N–H and O–H groups in total. The third-order valence-electron chi connectivity index (χ3n) is 4.93. The van der Waals surface area contributed by atoms with Crippen LogP contribution in [0, 0.1) is 0 Å². The third-order valence-corrected chi connectivity index (χ3v) is 4.93. The van der Waals surface area contributed by atoms with Crippen LogP contribution in [0.1, 0.15) is 37.3 Å². The average Bonchev–Trinajstić information content (AvgIpc) is 2.66. The van der Waals surface area contributed by atoms with Gasteiger partial charge in [0.2, 0.25) is 5.41 Å². The van der Waals surface area contributed by atoms with Crippen molar-refractivity contribution in [2.45, 2.75) is 61.7 Å². The van der Waals surface area contributed by atoms with Crippen molar-refractivity contribution in [3.05, 3.63) is 53.9 Å². The van der Waals surface area contributed by atoms with Crippen molar-refractivity contribution in [3.8, 4) is 0 Å². The fourth-order valence-electron chi connectivity index (χ4n) is 3.30. The van der Waals surface area contributed by atoms with Crippen LogP contribution in [0.4, 0.5) is 57.1 Å². The van der Waals surface area contributed by atoms with Crippen LogP contribution in [0.25, 0.3) is 6.08 Å². The number of allylic oxidation sites excluding steroid dienone is 1. The molecule has 0 aliphatic heterocycles. The maximum atomic E-state index is 15.0. The molecule has 0 saturated heterocycles. The van der Waals surface area contributed by atoms with Crippen LogP contribution in [0.15, 0.2) is 42.8 Å². The van der Waals surface area contributed by atoms with Gasteiger partial charge in [0, 0.05) is 6.42 Å². The summed E-state index contributed by atoms with van der Waals surface area (Å²) in [7, 11) is 0. The monoisotopic (exact) mass is 504 g/mol. The summed E-state index contributed by atoms with van der Waals surface area (Å²) in [5.41, 5.74) is -8.82. The highest BCUT2D eigenvalue weighted by atomic mass is 19.4. The average molecular weight is 504 g/mol. The van der Waals surface area contributed by atoms with Crippen LogP contribution < -0.4 is 0 Å². The Kier molecular flexibility index (Phi) is 8.36. The van der Waals surface area contributed by atoms with Gasteiger partial charge in [-0.15, -0.1) is 0 Å². The van der Waals surface area contributed by atoms with Gasteiger partial charge in [-0.3, -0.25) is 0 Å². The van der Waals surface area contributed by atoms with Crippen LogP contribution in [0.2, 0.25) is 0 Å². The quantitative estimate of drug-likeness (QED) is 0.280. The van der Waals surface area contributed by atoms with Crippen LogP contribution >= 0.6 is 0 Å². The van der Waals surface area contributed by atoms with E-state index in [1.165, 1.54) is 0 Å². The van der Waals surface area contributed by atoms with Crippen molar-refractivity contribution in [2.75, 3.05) is 0 Å². The molecule has 0 radical (unpaired) electrons. The van der Waals surface area contributed by atoms with Crippen LogP contribution in [0.3, 0.4) is 0 Å². The molecule has 0 amide bonds. The molecule has 33 heavy (non-hydrogen) atoms. The minimum absolute atomic E-state index is 0.0947. The Hall–Kier alpha value is -2.21. The molecule has 1 aromatic rings. The van der Waals surface area contributed by atoms with Gasteiger partial charge in [-0.05, 0) is 11.1 Å². The lowest BCUT2D eigenvalue weighted by atomic mass is 9.69. The first-order valence-electron chi connectivity index (χ1n) is 9.12. The zero-order chi connectivity index (χ0) is 26.0. The minimum Gasteiger partial charge on any atom is -0.241 e. The Labute approximate surface area is 179 Å². The topological polar surface area (TPSA) is 0 Å². The van der Waals surface area contributed by atoms with E-state index >= 15 is 8.78 Å². The molecular weight excluding hydrogens is 487 g/mol.